The van der Waals surface area contributed by atoms with Crippen LogP contribution in [0.5, 0.6) is 0 Å². The smallest absolute Gasteiger partial charge is 0.153 e. The molecule has 6 heteroatoms. The molecule has 0 spiro atoms. The average molecular weight is 382 g/mol. The number of hydrogen-bond acceptors (Lipinski definition) is 3. The van der Waals surface area contributed by atoms with Crippen molar-refractivity contribution in [1.29, 1.82) is 0 Å². The maximum absolute atomic E-state index is 11.3. The summed E-state index contributed by atoms with van der Waals surface area (Å²) in [7, 11) is 0. The normalized spacial score (nSPS) is 10.8. The van der Waals surface area contributed by atoms with Crippen LogP contribution >= 0.6 is 38.9 Å². The van der Waals surface area contributed by atoms with Crippen molar-refractivity contribution in [3.8, 4) is 10.6 Å². The Labute approximate surface area is 139 Å². The maximum Gasteiger partial charge on any atom is 0.153 e. The molecule has 2 heterocycles. The van der Waals surface area contributed by atoms with Crippen LogP contribution in [-0.4, -0.2) is 16.1 Å². The second-order valence-corrected chi connectivity index (χ2v) is 6.68. The molecule has 0 N–H and O–H groups in total. The van der Waals surface area contributed by atoms with Crippen molar-refractivity contribution in [2.75, 3.05) is 0 Å². The van der Waals surface area contributed by atoms with E-state index in [1.165, 1.54) is 0 Å². The third-order valence-corrected chi connectivity index (χ3v) is 5.06. The van der Waals surface area contributed by atoms with E-state index in [2.05, 4.69) is 21.0 Å². The molecule has 2 aromatic heterocycles. The standard InChI is InChI=1S/C15H10BrClN2OS/c16-13-4-5-21-15(13)14-11(9-20)8-19(18-14)7-10-2-1-3-12(17)6-10/h1-6,8-9H,7H2. The number of nitrogens with zero attached hydrogens (tertiary/aromatic N) is 2. The van der Waals surface area contributed by atoms with E-state index in [0.717, 1.165) is 21.2 Å². The lowest BCUT2D eigenvalue weighted by molar-refractivity contribution is 0.112. The summed E-state index contributed by atoms with van der Waals surface area (Å²) < 4.78 is 2.71. The van der Waals surface area contributed by atoms with Gasteiger partial charge in [-0.25, -0.2) is 0 Å². The summed E-state index contributed by atoms with van der Waals surface area (Å²) in [5.74, 6) is 0. The monoisotopic (exact) mass is 380 g/mol. The molecule has 0 amide bonds. The molecule has 3 rings (SSSR count). The van der Waals surface area contributed by atoms with Crippen molar-refractivity contribution >= 4 is 45.2 Å². The molecule has 106 valence electrons. The molecule has 0 aliphatic carbocycles. The van der Waals surface area contributed by atoms with E-state index in [9.17, 15) is 4.79 Å². The summed E-state index contributed by atoms with van der Waals surface area (Å²) in [4.78, 5) is 12.2. The van der Waals surface area contributed by atoms with Gasteiger partial charge in [0.15, 0.2) is 6.29 Å². The number of aldehydes is 1. The van der Waals surface area contributed by atoms with Gasteiger partial charge in [0, 0.05) is 15.7 Å². The van der Waals surface area contributed by atoms with E-state index in [4.69, 9.17) is 11.6 Å². The fraction of sp³-hybridized carbons (Fsp3) is 0.0667. The largest absolute Gasteiger partial charge is 0.298 e. The summed E-state index contributed by atoms with van der Waals surface area (Å²) in [6.45, 7) is 0.574. The molecular weight excluding hydrogens is 372 g/mol. The van der Waals surface area contributed by atoms with Gasteiger partial charge in [-0.3, -0.25) is 9.48 Å². The van der Waals surface area contributed by atoms with Gasteiger partial charge < -0.3 is 0 Å². The number of thiophene rings is 1. The van der Waals surface area contributed by atoms with Gasteiger partial charge in [0.25, 0.3) is 0 Å². The fourth-order valence-electron chi connectivity index (χ4n) is 2.07. The molecule has 0 fully saturated rings. The van der Waals surface area contributed by atoms with E-state index in [0.29, 0.717) is 22.8 Å². The van der Waals surface area contributed by atoms with Crippen LogP contribution in [0.15, 0.2) is 46.4 Å². The number of halogens is 2. The number of carbonyl (C=O) groups is 1. The second kappa shape index (κ2) is 6.13. The summed E-state index contributed by atoms with van der Waals surface area (Å²) in [6, 6.07) is 9.56. The van der Waals surface area contributed by atoms with Gasteiger partial charge in [-0.15, -0.1) is 11.3 Å². The van der Waals surface area contributed by atoms with Gasteiger partial charge in [0.2, 0.25) is 0 Å². The molecule has 3 nitrogen and oxygen atoms in total. The highest BCUT2D eigenvalue weighted by atomic mass is 79.9. The Balaban J connectivity index is 1.96. The SMILES string of the molecule is O=Cc1cn(Cc2cccc(Cl)c2)nc1-c1sccc1Br. The lowest BCUT2D eigenvalue weighted by Crippen LogP contribution is -2.00. The van der Waals surface area contributed by atoms with Crippen molar-refractivity contribution in [3.63, 3.8) is 0 Å². The van der Waals surface area contributed by atoms with Crippen molar-refractivity contribution in [2.45, 2.75) is 6.54 Å². The van der Waals surface area contributed by atoms with Crippen LogP contribution in [0.3, 0.4) is 0 Å². The highest BCUT2D eigenvalue weighted by molar-refractivity contribution is 9.10. The van der Waals surface area contributed by atoms with Crippen LogP contribution in [0.25, 0.3) is 10.6 Å². The van der Waals surface area contributed by atoms with Crippen LogP contribution in [0.2, 0.25) is 5.02 Å². The number of hydrogen-bond donors (Lipinski definition) is 0. The zero-order chi connectivity index (χ0) is 14.8. The van der Waals surface area contributed by atoms with E-state index in [1.807, 2.05) is 35.7 Å². The predicted molar refractivity (Wildman–Crippen MR) is 89.2 cm³/mol. The highest BCUT2D eigenvalue weighted by Gasteiger charge is 2.14. The first kappa shape index (κ1) is 14.5. The summed E-state index contributed by atoms with van der Waals surface area (Å²) >= 11 is 11.0. The van der Waals surface area contributed by atoms with Crippen molar-refractivity contribution in [2.24, 2.45) is 0 Å². The molecule has 0 saturated heterocycles. The van der Waals surface area contributed by atoms with Crippen LogP contribution in [0.1, 0.15) is 15.9 Å². The average Bonchev–Trinajstić information content (AvgIpc) is 3.04. The van der Waals surface area contributed by atoms with Gasteiger partial charge in [0.1, 0.15) is 5.69 Å². The summed E-state index contributed by atoms with van der Waals surface area (Å²) in [5.41, 5.74) is 2.33. The lowest BCUT2D eigenvalue weighted by atomic mass is 10.2. The molecule has 0 atom stereocenters. The Morgan fingerprint density at radius 1 is 1.38 bits per heavy atom. The minimum absolute atomic E-state index is 0.574. The second-order valence-electron chi connectivity index (χ2n) is 4.48. The van der Waals surface area contributed by atoms with Crippen LogP contribution in [-0.2, 0) is 6.54 Å². The van der Waals surface area contributed by atoms with Crippen LogP contribution in [0.4, 0.5) is 0 Å². The molecular formula is C15H10BrClN2OS. The zero-order valence-corrected chi connectivity index (χ0v) is 14.0. The Bertz CT molecular complexity index is 797. The van der Waals surface area contributed by atoms with Crippen molar-refractivity contribution < 1.29 is 4.79 Å². The Hall–Kier alpha value is -1.43. The molecule has 0 radical (unpaired) electrons. The van der Waals surface area contributed by atoms with E-state index < -0.39 is 0 Å². The lowest BCUT2D eigenvalue weighted by Gasteiger charge is -2.02. The molecule has 0 bridgehead atoms. The van der Waals surface area contributed by atoms with E-state index in [1.54, 1.807) is 22.2 Å². The maximum atomic E-state index is 11.3. The molecule has 1 aromatic carbocycles. The van der Waals surface area contributed by atoms with Gasteiger partial charge in [-0.05, 0) is 45.1 Å². The third kappa shape index (κ3) is 3.10. The van der Waals surface area contributed by atoms with E-state index in [-0.39, 0.29) is 0 Å². The molecule has 0 unspecified atom stereocenters. The molecule has 0 aliphatic rings. The molecule has 0 saturated carbocycles. The Kier molecular flexibility index (Phi) is 4.24. The van der Waals surface area contributed by atoms with Crippen LogP contribution in [0, 0.1) is 0 Å². The molecule has 0 aliphatic heterocycles. The van der Waals surface area contributed by atoms with Gasteiger partial charge in [0.05, 0.1) is 17.0 Å². The van der Waals surface area contributed by atoms with Gasteiger partial charge in [-0.2, -0.15) is 5.10 Å². The van der Waals surface area contributed by atoms with Crippen molar-refractivity contribution in [3.05, 3.63) is 62.5 Å². The number of rotatable bonds is 4. The third-order valence-electron chi connectivity index (χ3n) is 2.98. The topological polar surface area (TPSA) is 34.9 Å². The minimum atomic E-state index is 0.574. The van der Waals surface area contributed by atoms with E-state index >= 15 is 0 Å². The number of benzene rings is 1. The summed E-state index contributed by atoms with van der Waals surface area (Å²) in [6.07, 6.45) is 2.60. The van der Waals surface area contributed by atoms with Crippen molar-refractivity contribution in [1.82, 2.24) is 9.78 Å². The minimum Gasteiger partial charge on any atom is -0.298 e. The first-order valence-corrected chi connectivity index (χ1v) is 8.23. The fourth-order valence-corrected chi connectivity index (χ4v) is 3.84. The zero-order valence-electron chi connectivity index (χ0n) is 10.8. The Morgan fingerprint density at radius 2 is 2.24 bits per heavy atom. The summed E-state index contributed by atoms with van der Waals surface area (Å²) in [5, 5.41) is 7.19. The quantitative estimate of drug-likeness (QED) is 0.603. The first-order chi connectivity index (χ1) is 10.2. The predicted octanol–water partition coefficient (Wildman–Crippen LogP) is 4.89. The molecule has 21 heavy (non-hydrogen) atoms. The first-order valence-electron chi connectivity index (χ1n) is 6.18. The van der Waals surface area contributed by atoms with Gasteiger partial charge in [-0.1, -0.05) is 23.7 Å². The van der Waals surface area contributed by atoms with Crippen LogP contribution < -0.4 is 0 Å². The number of aromatic nitrogens is 2. The molecule has 3 aromatic rings. The number of carbonyl (C=O) groups excluding carboxylic acids is 1. The Morgan fingerprint density at radius 3 is 2.90 bits per heavy atom. The highest BCUT2D eigenvalue weighted by Crippen LogP contribution is 2.34. The van der Waals surface area contributed by atoms with Gasteiger partial charge >= 0.3 is 0 Å².